The van der Waals surface area contributed by atoms with Gasteiger partial charge in [0.05, 0.1) is 6.61 Å². The molecule has 0 aliphatic rings. The highest BCUT2D eigenvalue weighted by atomic mass is 16.5. The lowest BCUT2D eigenvalue weighted by Gasteiger charge is -2.04. The molecule has 0 radical (unpaired) electrons. The third kappa shape index (κ3) is 2.13. The summed E-state index contributed by atoms with van der Waals surface area (Å²) in [7, 11) is 0. The molecule has 1 aromatic rings. The SMILES string of the molecule is CCOCc1cc(O)ccc1O. The monoisotopic (exact) mass is 168 g/mol. The van der Waals surface area contributed by atoms with E-state index in [-0.39, 0.29) is 11.5 Å². The Bertz CT molecular complexity index is 258. The summed E-state index contributed by atoms with van der Waals surface area (Å²) in [5.41, 5.74) is 0.608. The fourth-order valence-corrected chi connectivity index (χ4v) is 0.900. The first-order valence-corrected chi connectivity index (χ1v) is 3.82. The number of aromatic hydroxyl groups is 2. The van der Waals surface area contributed by atoms with Crippen LogP contribution in [0.25, 0.3) is 0 Å². The molecule has 1 aromatic carbocycles. The third-order valence-electron chi connectivity index (χ3n) is 1.52. The summed E-state index contributed by atoms with van der Waals surface area (Å²) in [6, 6.07) is 4.37. The number of rotatable bonds is 3. The third-order valence-corrected chi connectivity index (χ3v) is 1.52. The van der Waals surface area contributed by atoms with E-state index in [9.17, 15) is 5.11 Å². The number of benzene rings is 1. The standard InChI is InChI=1S/C9H12O3/c1-2-12-6-7-5-8(10)3-4-9(7)11/h3-5,10-11H,2,6H2,1H3. The summed E-state index contributed by atoms with van der Waals surface area (Å²) in [5, 5.41) is 18.3. The van der Waals surface area contributed by atoms with Crippen LogP contribution in [0.1, 0.15) is 12.5 Å². The van der Waals surface area contributed by atoms with E-state index >= 15 is 0 Å². The summed E-state index contributed by atoms with van der Waals surface area (Å²) in [6.45, 7) is 2.80. The van der Waals surface area contributed by atoms with E-state index in [0.29, 0.717) is 18.8 Å². The highest BCUT2D eigenvalue weighted by Crippen LogP contribution is 2.22. The molecule has 0 fully saturated rings. The lowest BCUT2D eigenvalue weighted by molar-refractivity contribution is 0.132. The molecule has 0 atom stereocenters. The summed E-state index contributed by atoms with van der Waals surface area (Å²) in [4.78, 5) is 0. The molecule has 0 aliphatic carbocycles. The molecule has 3 heteroatoms. The fourth-order valence-electron chi connectivity index (χ4n) is 0.900. The van der Waals surface area contributed by atoms with Gasteiger partial charge in [-0.3, -0.25) is 0 Å². The van der Waals surface area contributed by atoms with Crippen molar-refractivity contribution in [1.82, 2.24) is 0 Å². The van der Waals surface area contributed by atoms with E-state index in [1.807, 2.05) is 6.92 Å². The lowest BCUT2D eigenvalue weighted by Crippen LogP contribution is -1.91. The van der Waals surface area contributed by atoms with Gasteiger partial charge >= 0.3 is 0 Å². The molecule has 1 rings (SSSR count). The van der Waals surface area contributed by atoms with Crippen molar-refractivity contribution in [3.8, 4) is 11.5 Å². The van der Waals surface area contributed by atoms with E-state index in [1.165, 1.54) is 18.2 Å². The van der Waals surface area contributed by atoms with Gasteiger partial charge in [-0.2, -0.15) is 0 Å². The summed E-state index contributed by atoms with van der Waals surface area (Å²) < 4.78 is 5.08. The summed E-state index contributed by atoms with van der Waals surface area (Å²) in [6.07, 6.45) is 0. The minimum atomic E-state index is 0.141. The van der Waals surface area contributed by atoms with E-state index in [4.69, 9.17) is 9.84 Å². The zero-order valence-corrected chi connectivity index (χ0v) is 6.95. The molecular weight excluding hydrogens is 156 g/mol. The fraction of sp³-hybridized carbons (Fsp3) is 0.333. The van der Waals surface area contributed by atoms with Crippen LogP contribution in [0.4, 0.5) is 0 Å². The average Bonchev–Trinajstić information content (AvgIpc) is 2.07. The van der Waals surface area contributed by atoms with Gasteiger partial charge in [0.15, 0.2) is 0 Å². The van der Waals surface area contributed by atoms with Gasteiger partial charge in [-0.05, 0) is 25.1 Å². The van der Waals surface area contributed by atoms with E-state index in [2.05, 4.69) is 0 Å². The van der Waals surface area contributed by atoms with Crippen molar-refractivity contribution in [2.75, 3.05) is 6.61 Å². The molecule has 0 amide bonds. The molecule has 0 heterocycles. The average molecular weight is 168 g/mol. The topological polar surface area (TPSA) is 49.7 Å². The van der Waals surface area contributed by atoms with Crippen molar-refractivity contribution in [3.63, 3.8) is 0 Å². The van der Waals surface area contributed by atoms with Crippen LogP contribution in [0.3, 0.4) is 0 Å². The Kier molecular flexibility index (Phi) is 2.94. The second kappa shape index (κ2) is 3.97. The summed E-state index contributed by atoms with van der Waals surface area (Å²) >= 11 is 0. The number of phenolic OH excluding ortho intramolecular Hbond substituents is 2. The van der Waals surface area contributed by atoms with Crippen LogP contribution in [-0.2, 0) is 11.3 Å². The predicted molar refractivity (Wildman–Crippen MR) is 45.1 cm³/mol. The van der Waals surface area contributed by atoms with Crippen LogP contribution in [0.15, 0.2) is 18.2 Å². The first kappa shape index (κ1) is 8.87. The smallest absolute Gasteiger partial charge is 0.121 e. The van der Waals surface area contributed by atoms with Crippen molar-refractivity contribution in [2.24, 2.45) is 0 Å². The van der Waals surface area contributed by atoms with E-state index in [1.54, 1.807) is 0 Å². The van der Waals surface area contributed by atoms with Crippen LogP contribution in [0, 0.1) is 0 Å². The maximum Gasteiger partial charge on any atom is 0.121 e. The van der Waals surface area contributed by atoms with Crippen molar-refractivity contribution in [2.45, 2.75) is 13.5 Å². The zero-order chi connectivity index (χ0) is 8.97. The highest BCUT2D eigenvalue weighted by molar-refractivity contribution is 5.38. The zero-order valence-electron chi connectivity index (χ0n) is 6.95. The quantitative estimate of drug-likeness (QED) is 0.674. The Morgan fingerprint density at radius 1 is 1.33 bits per heavy atom. The number of hydrogen-bond donors (Lipinski definition) is 2. The second-order valence-electron chi connectivity index (χ2n) is 2.45. The minimum Gasteiger partial charge on any atom is -0.508 e. The van der Waals surface area contributed by atoms with Crippen molar-refractivity contribution in [3.05, 3.63) is 23.8 Å². The van der Waals surface area contributed by atoms with Crippen molar-refractivity contribution < 1.29 is 14.9 Å². The molecule has 66 valence electrons. The van der Waals surface area contributed by atoms with Crippen molar-refractivity contribution in [1.29, 1.82) is 0 Å². The first-order chi connectivity index (χ1) is 5.74. The molecule has 0 bridgehead atoms. The lowest BCUT2D eigenvalue weighted by atomic mass is 10.2. The number of ether oxygens (including phenoxy) is 1. The number of phenols is 2. The number of hydrogen-bond acceptors (Lipinski definition) is 3. The molecular formula is C9H12O3. The normalized spacial score (nSPS) is 10.1. The molecule has 0 unspecified atom stereocenters. The Morgan fingerprint density at radius 2 is 2.08 bits per heavy atom. The molecule has 2 N–H and O–H groups in total. The predicted octanol–water partition coefficient (Wildman–Crippen LogP) is 1.63. The molecule has 0 aromatic heterocycles. The molecule has 12 heavy (non-hydrogen) atoms. The van der Waals surface area contributed by atoms with Gasteiger partial charge in [-0.15, -0.1) is 0 Å². The maximum atomic E-state index is 9.27. The van der Waals surface area contributed by atoms with Gasteiger partial charge in [-0.25, -0.2) is 0 Å². The highest BCUT2D eigenvalue weighted by Gasteiger charge is 2.01. The van der Waals surface area contributed by atoms with Gasteiger partial charge in [-0.1, -0.05) is 0 Å². The van der Waals surface area contributed by atoms with Crippen LogP contribution in [-0.4, -0.2) is 16.8 Å². The van der Waals surface area contributed by atoms with Crippen molar-refractivity contribution >= 4 is 0 Å². The van der Waals surface area contributed by atoms with Crippen LogP contribution in [0.2, 0.25) is 0 Å². The molecule has 3 nitrogen and oxygen atoms in total. The Labute approximate surface area is 71.2 Å². The van der Waals surface area contributed by atoms with E-state index < -0.39 is 0 Å². The maximum absolute atomic E-state index is 9.27. The molecule has 0 saturated carbocycles. The minimum absolute atomic E-state index is 0.141. The van der Waals surface area contributed by atoms with Crippen LogP contribution in [0.5, 0.6) is 11.5 Å². The summed E-state index contributed by atoms with van der Waals surface area (Å²) in [5.74, 6) is 0.295. The van der Waals surface area contributed by atoms with Crippen LogP contribution >= 0.6 is 0 Å². The van der Waals surface area contributed by atoms with Gasteiger partial charge in [0.1, 0.15) is 11.5 Å². The Morgan fingerprint density at radius 3 is 2.75 bits per heavy atom. The van der Waals surface area contributed by atoms with Gasteiger partial charge < -0.3 is 14.9 Å². The van der Waals surface area contributed by atoms with Gasteiger partial charge in [0, 0.05) is 12.2 Å². The van der Waals surface area contributed by atoms with E-state index in [0.717, 1.165) is 0 Å². The molecule has 0 saturated heterocycles. The van der Waals surface area contributed by atoms with Crippen LogP contribution < -0.4 is 0 Å². The Balaban J connectivity index is 2.75. The molecule has 0 spiro atoms. The van der Waals surface area contributed by atoms with Gasteiger partial charge in [0.25, 0.3) is 0 Å². The second-order valence-corrected chi connectivity index (χ2v) is 2.45. The molecule has 0 aliphatic heterocycles. The van der Waals surface area contributed by atoms with Gasteiger partial charge in [0.2, 0.25) is 0 Å². The Hall–Kier alpha value is -1.22. The largest absolute Gasteiger partial charge is 0.508 e. The first-order valence-electron chi connectivity index (χ1n) is 3.82.